The lowest BCUT2D eigenvalue weighted by Crippen LogP contribution is -2.29. The molecule has 1 heterocycles. The largest absolute Gasteiger partial charge is 0.480 e. The van der Waals surface area contributed by atoms with E-state index in [1.165, 1.54) is 6.07 Å². The summed E-state index contributed by atoms with van der Waals surface area (Å²) in [6, 6.07) is 6.17. The molecule has 1 aromatic carbocycles. The first kappa shape index (κ1) is 13.9. The van der Waals surface area contributed by atoms with Crippen LogP contribution in [0.25, 0.3) is 0 Å². The second-order valence-corrected chi connectivity index (χ2v) is 4.20. The SMILES string of the molecule is Cl.O=C(O)[C@@H]1C[C@@H](Cc2ccccc2F)CN1. The Labute approximate surface area is 105 Å². The van der Waals surface area contributed by atoms with Gasteiger partial charge in [-0.15, -0.1) is 12.4 Å². The van der Waals surface area contributed by atoms with E-state index in [9.17, 15) is 9.18 Å². The van der Waals surface area contributed by atoms with Crippen molar-refractivity contribution in [2.24, 2.45) is 5.92 Å². The summed E-state index contributed by atoms with van der Waals surface area (Å²) in [5.74, 6) is -0.824. The van der Waals surface area contributed by atoms with Crippen LogP contribution in [0.4, 0.5) is 4.39 Å². The van der Waals surface area contributed by atoms with Gasteiger partial charge in [-0.1, -0.05) is 18.2 Å². The van der Waals surface area contributed by atoms with Crippen LogP contribution in [-0.4, -0.2) is 23.7 Å². The number of halogens is 2. The van der Waals surface area contributed by atoms with Crippen molar-refractivity contribution in [3.05, 3.63) is 35.6 Å². The topological polar surface area (TPSA) is 49.3 Å². The van der Waals surface area contributed by atoms with Crippen molar-refractivity contribution in [2.45, 2.75) is 18.9 Å². The van der Waals surface area contributed by atoms with Gasteiger partial charge in [-0.2, -0.15) is 0 Å². The highest BCUT2D eigenvalue weighted by Gasteiger charge is 2.29. The Hall–Kier alpha value is -1.13. The zero-order valence-electron chi connectivity index (χ0n) is 9.23. The quantitative estimate of drug-likeness (QED) is 0.871. The van der Waals surface area contributed by atoms with Gasteiger partial charge in [-0.05, 0) is 36.9 Å². The molecule has 0 saturated carbocycles. The van der Waals surface area contributed by atoms with Crippen LogP contribution in [-0.2, 0) is 11.2 Å². The van der Waals surface area contributed by atoms with Crippen LogP contribution in [0.1, 0.15) is 12.0 Å². The Kier molecular flexibility index (Phi) is 4.90. The van der Waals surface area contributed by atoms with E-state index in [1.807, 2.05) is 0 Å². The molecule has 17 heavy (non-hydrogen) atoms. The highest BCUT2D eigenvalue weighted by atomic mass is 35.5. The average Bonchev–Trinajstić information content (AvgIpc) is 2.70. The van der Waals surface area contributed by atoms with Crippen LogP contribution in [0.5, 0.6) is 0 Å². The molecule has 5 heteroatoms. The van der Waals surface area contributed by atoms with E-state index < -0.39 is 12.0 Å². The van der Waals surface area contributed by atoms with Crippen molar-refractivity contribution in [1.82, 2.24) is 5.32 Å². The summed E-state index contributed by atoms with van der Waals surface area (Å²) in [6.45, 7) is 0.644. The standard InChI is InChI=1S/C12H14FNO2.ClH/c13-10-4-2-1-3-9(10)5-8-6-11(12(15)16)14-7-8;/h1-4,8,11,14H,5-7H2,(H,15,16);1H/t8-,11+;/m1./s1. The van der Waals surface area contributed by atoms with Gasteiger partial charge < -0.3 is 10.4 Å². The minimum Gasteiger partial charge on any atom is -0.480 e. The zero-order chi connectivity index (χ0) is 11.5. The van der Waals surface area contributed by atoms with Gasteiger partial charge in [0.2, 0.25) is 0 Å². The van der Waals surface area contributed by atoms with E-state index in [0.717, 1.165) is 0 Å². The highest BCUT2D eigenvalue weighted by Crippen LogP contribution is 2.20. The lowest BCUT2D eigenvalue weighted by molar-refractivity contribution is -0.139. The Morgan fingerprint density at radius 3 is 2.76 bits per heavy atom. The van der Waals surface area contributed by atoms with Crippen molar-refractivity contribution in [1.29, 1.82) is 0 Å². The highest BCUT2D eigenvalue weighted by molar-refractivity contribution is 5.85. The molecule has 0 aromatic heterocycles. The molecule has 2 atom stereocenters. The molecule has 94 valence electrons. The van der Waals surface area contributed by atoms with Crippen molar-refractivity contribution < 1.29 is 14.3 Å². The second kappa shape index (κ2) is 5.98. The number of carboxylic acids is 1. The van der Waals surface area contributed by atoms with E-state index >= 15 is 0 Å². The Morgan fingerprint density at radius 2 is 2.18 bits per heavy atom. The van der Waals surface area contributed by atoms with Gasteiger partial charge in [0.15, 0.2) is 0 Å². The van der Waals surface area contributed by atoms with Crippen LogP contribution in [0.2, 0.25) is 0 Å². The lowest BCUT2D eigenvalue weighted by Gasteiger charge is -2.08. The molecule has 0 radical (unpaired) electrons. The van der Waals surface area contributed by atoms with Gasteiger partial charge in [-0.25, -0.2) is 4.39 Å². The molecule has 1 aromatic rings. The van der Waals surface area contributed by atoms with Crippen LogP contribution in [0, 0.1) is 11.7 Å². The molecular weight excluding hydrogens is 245 g/mol. The summed E-state index contributed by atoms with van der Waals surface area (Å²) in [5, 5.41) is 11.7. The van der Waals surface area contributed by atoms with Crippen molar-refractivity contribution >= 4 is 18.4 Å². The summed E-state index contributed by atoms with van der Waals surface area (Å²) < 4.78 is 13.4. The molecular formula is C12H15ClFNO2. The minimum absolute atomic E-state index is 0. The van der Waals surface area contributed by atoms with Crippen molar-refractivity contribution in [3.8, 4) is 0 Å². The molecule has 2 rings (SSSR count). The number of nitrogens with one attached hydrogen (secondary N) is 1. The first-order valence-electron chi connectivity index (χ1n) is 5.36. The number of aliphatic carboxylic acids is 1. The van der Waals surface area contributed by atoms with Crippen molar-refractivity contribution in [3.63, 3.8) is 0 Å². The summed E-state index contributed by atoms with van der Waals surface area (Å²) in [6.07, 6.45) is 1.17. The average molecular weight is 260 g/mol. The molecule has 1 fully saturated rings. The molecule has 0 spiro atoms. The molecule has 1 aliphatic heterocycles. The number of carboxylic acid groups (broad SMARTS) is 1. The zero-order valence-corrected chi connectivity index (χ0v) is 10.0. The third kappa shape index (κ3) is 3.41. The molecule has 0 aliphatic carbocycles. The molecule has 3 nitrogen and oxygen atoms in total. The van der Waals surface area contributed by atoms with Gasteiger partial charge in [0.05, 0.1) is 0 Å². The number of hydrogen-bond acceptors (Lipinski definition) is 2. The third-order valence-electron chi connectivity index (χ3n) is 2.99. The predicted octanol–water partition coefficient (Wildman–Crippen LogP) is 1.85. The van der Waals surface area contributed by atoms with E-state index in [0.29, 0.717) is 24.9 Å². The lowest BCUT2D eigenvalue weighted by atomic mass is 9.96. The van der Waals surface area contributed by atoms with Crippen molar-refractivity contribution in [2.75, 3.05) is 6.54 Å². The van der Waals surface area contributed by atoms with Crippen LogP contribution < -0.4 is 5.32 Å². The fraction of sp³-hybridized carbons (Fsp3) is 0.417. The normalized spacial score (nSPS) is 23.1. The second-order valence-electron chi connectivity index (χ2n) is 4.20. The molecule has 1 aliphatic rings. The molecule has 0 amide bonds. The number of carbonyl (C=O) groups is 1. The van der Waals surface area contributed by atoms with E-state index in [1.54, 1.807) is 18.2 Å². The Bertz CT molecular complexity index is 400. The van der Waals surface area contributed by atoms with E-state index in [4.69, 9.17) is 5.11 Å². The summed E-state index contributed by atoms with van der Waals surface area (Å²) in [4.78, 5) is 10.7. The van der Waals surface area contributed by atoms with Crippen LogP contribution >= 0.6 is 12.4 Å². The summed E-state index contributed by atoms with van der Waals surface area (Å²) in [7, 11) is 0. The van der Waals surface area contributed by atoms with Gasteiger partial charge in [0, 0.05) is 0 Å². The minimum atomic E-state index is -0.823. The van der Waals surface area contributed by atoms with E-state index in [-0.39, 0.29) is 24.1 Å². The Morgan fingerprint density at radius 1 is 1.47 bits per heavy atom. The number of rotatable bonds is 3. The van der Waals surface area contributed by atoms with Gasteiger partial charge in [0.1, 0.15) is 11.9 Å². The van der Waals surface area contributed by atoms with Crippen LogP contribution in [0.3, 0.4) is 0 Å². The first-order chi connectivity index (χ1) is 7.66. The summed E-state index contributed by atoms with van der Waals surface area (Å²) >= 11 is 0. The molecule has 0 unspecified atom stereocenters. The fourth-order valence-corrected chi connectivity index (χ4v) is 2.13. The maximum absolute atomic E-state index is 13.4. The summed E-state index contributed by atoms with van der Waals surface area (Å²) in [5.41, 5.74) is 0.667. The number of benzene rings is 1. The fourth-order valence-electron chi connectivity index (χ4n) is 2.13. The van der Waals surface area contributed by atoms with Gasteiger partial charge in [-0.3, -0.25) is 4.79 Å². The number of hydrogen-bond donors (Lipinski definition) is 2. The maximum atomic E-state index is 13.4. The van der Waals surface area contributed by atoms with Crippen LogP contribution in [0.15, 0.2) is 24.3 Å². The molecule has 2 N–H and O–H groups in total. The molecule has 1 saturated heterocycles. The monoisotopic (exact) mass is 259 g/mol. The maximum Gasteiger partial charge on any atom is 0.320 e. The smallest absolute Gasteiger partial charge is 0.320 e. The predicted molar refractivity (Wildman–Crippen MR) is 64.9 cm³/mol. The van der Waals surface area contributed by atoms with Gasteiger partial charge in [0.25, 0.3) is 0 Å². The van der Waals surface area contributed by atoms with Gasteiger partial charge >= 0.3 is 5.97 Å². The molecule has 0 bridgehead atoms. The third-order valence-corrected chi connectivity index (χ3v) is 2.99. The Balaban J connectivity index is 0.00000144. The van der Waals surface area contributed by atoms with E-state index in [2.05, 4.69) is 5.32 Å². The first-order valence-corrected chi connectivity index (χ1v) is 5.36.